The zero-order valence-corrected chi connectivity index (χ0v) is 10.5. The van der Waals surface area contributed by atoms with Crippen LogP contribution in [0.4, 0.5) is 0 Å². The van der Waals surface area contributed by atoms with Crippen molar-refractivity contribution in [2.24, 2.45) is 5.73 Å². The molecule has 0 spiro atoms. The van der Waals surface area contributed by atoms with Crippen molar-refractivity contribution in [2.45, 2.75) is 62.9 Å². The second-order valence-electron chi connectivity index (χ2n) is 6.58. The lowest BCUT2D eigenvalue weighted by molar-refractivity contribution is 0.354. The Morgan fingerprint density at radius 1 is 1.25 bits per heavy atom. The molecule has 1 heterocycles. The molecule has 0 amide bonds. The van der Waals surface area contributed by atoms with Gasteiger partial charge in [0.15, 0.2) is 0 Å². The third kappa shape index (κ3) is 1.27. The maximum atomic E-state index is 6.40. The second kappa shape index (κ2) is 2.70. The van der Waals surface area contributed by atoms with Crippen molar-refractivity contribution < 1.29 is 0 Å². The fourth-order valence-electron chi connectivity index (χ4n) is 2.75. The third-order valence-electron chi connectivity index (χ3n) is 4.31. The summed E-state index contributed by atoms with van der Waals surface area (Å²) in [5, 5.41) is 4.50. The Morgan fingerprint density at radius 3 is 2.25 bits per heavy atom. The quantitative estimate of drug-likeness (QED) is 0.828. The van der Waals surface area contributed by atoms with Crippen LogP contribution in [-0.2, 0) is 11.0 Å². The SMILES string of the molecule is CC(C)(C)n1cc(C2(C3(N)CC3)CC2)cn1. The van der Waals surface area contributed by atoms with Crippen molar-refractivity contribution in [1.82, 2.24) is 9.78 Å². The number of nitrogens with two attached hydrogens (primary N) is 1. The van der Waals surface area contributed by atoms with E-state index in [9.17, 15) is 0 Å². The van der Waals surface area contributed by atoms with E-state index in [1.807, 2.05) is 6.20 Å². The Balaban J connectivity index is 1.94. The lowest BCUT2D eigenvalue weighted by Gasteiger charge is -2.22. The lowest BCUT2D eigenvalue weighted by Crippen LogP contribution is -2.37. The van der Waals surface area contributed by atoms with Gasteiger partial charge in [0.1, 0.15) is 0 Å². The van der Waals surface area contributed by atoms with Crippen LogP contribution in [0.2, 0.25) is 0 Å². The molecule has 0 aromatic carbocycles. The number of nitrogens with zero attached hydrogens (tertiary/aromatic N) is 2. The van der Waals surface area contributed by atoms with E-state index in [1.54, 1.807) is 0 Å². The predicted molar refractivity (Wildman–Crippen MR) is 64.3 cm³/mol. The van der Waals surface area contributed by atoms with Crippen LogP contribution in [0.25, 0.3) is 0 Å². The van der Waals surface area contributed by atoms with E-state index >= 15 is 0 Å². The molecule has 1 aromatic rings. The second-order valence-corrected chi connectivity index (χ2v) is 6.58. The molecule has 3 rings (SSSR count). The van der Waals surface area contributed by atoms with Crippen molar-refractivity contribution in [2.75, 3.05) is 0 Å². The minimum Gasteiger partial charge on any atom is -0.324 e. The lowest BCUT2D eigenvalue weighted by atomic mass is 9.88. The van der Waals surface area contributed by atoms with E-state index in [0.29, 0.717) is 0 Å². The van der Waals surface area contributed by atoms with Crippen molar-refractivity contribution in [1.29, 1.82) is 0 Å². The van der Waals surface area contributed by atoms with E-state index in [0.717, 1.165) is 0 Å². The zero-order chi connectivity index (χ0) is 11.6. The van der Waals surface area contributed by atoms with Crippen LogP contribution < -0.4 is 5.73 Å². The van der Waals surface area contributed by atoms with Gasteiger partial charge in [-0.2, -0.15) is 5.10 Å². The fourth-order valence-corrected chi connectivity index (χ4v) is 2.75. The van der Waals surface area contributed by atoms with Gasteiger partial charge in [0, 0.05) is 17.2 Å². The van der Waals surface area contributed by atoms with Gasteiger partial charge in [-0.15, -0.1) is 0 Å². The standard InChI is InChI=1S/C13H21N3/c1-11(2,3)16-9-10(8-15-16)12(4-5-12)13(14)6-7-13/h8-9H,4-7,14H2,1-3H3. The van der Waals surface area contributed by atoms with Crippen molar-refractivity contribution >= 4 is 0 Å². The van der Waals surface area contributed by atoms with Gasteiger partial charge < -0.3 is 5.73 Å². The molecule has 16 heavy (non-hydrogen) atoms. The van der Waals surface area contributed by atoms with E-state index in [4.69, 9.17) is 5.73 Å². The Morgan fingerprint density at radius 2 is 1.88 bits per heavy atom. The number of hydrogen-bond acceptors (Lipinski definition) is 2. The molecule has 1 aromatic heterocycles. The van der Waals surface area contributed by atoms with Crippen LogP contribution >= 0.6 is 0 Å². The zero-order valence-electron chi connectivity index (χ0n) is 10.5. The minimum atomic E-state index is 0.0691. The molecule has 0 radical (unpaired) electrons. The summed E-state index contributed by atoms with van der Waals surface area (Å²) in [6, 6.07) is 0. The van der Waals surface area contributed by atoms with Gasteiger partial charge in [-0.1, -0.05) is 0 Å². The Kier molecular flexibility index (Phi) is 1.74. The largest absolute Gasteiger partial charge is 0.324 e. The van der Waals surface area contributed by atoms with E-state index in [-0.39, 0.29) is 16.5 Å². The molecular weight excluding hydrogens is 198 g/mol. The maximum Gasteiger partial charge on any atom is 0.0543 e. The summed E-state index contributed by atoms with van der Waals surface area (Å²) >= 11 is 0. The Hall–Kier alpha value is -0.830. The number of rotatable bonds is 2. The molecule has 2 fully saturated rings. The average Bonchev–Trinajstić information content (AvgIpc) is 3.07. The topological polar surface area (TPSA) is 43.8 Å². The molecule has 0 saturated heterocycles. The molecular formula is C13H21N3. The van der Waals surface area contributed by atoms with Gasteiger partial charge >= 0.3 is 0 Å². The smallest absolute Gasteiger partial charge is 0.0543 e. The summed E-state index contributed by atoms with van der Waals surface area (Å²) in [4.78, 5) is 0. The van der Waals surface area contributed by atoms with Gasteiger partial charge in [0.2, 0.25) is 0 Å². The first-order valence-corrected chi connectivity index (χ1v) is 6.22. The summed E-state index contributed by atoms with van der Waals surface area (Å²) in [6.45, 7) is 6.54. The molecule has 3 heteroatoms. The highest BCUT2D eigenvalue weighted by Gasteiger charge is 2.64. The van der Waals surface area contributed by atoms with Gasteiger partial charge in [-0.3, -0.25) is 4.68 Å². The monoisotopic (exact) mass is 219 g/mol. The molecule has 2 aliphatic carbocycles. The third-order valence-corrected chi connectivity index (χ3v) is 4.31. The van der Waals surface area contributed by atoms with Gasteiger partial charge in [-0.25, -0.2) is 0 Å². The summed E-state index contributed by atoms with van der Waals surface area (Å²) in [5.41, 5.74) is 8.20. The number of aromatic nitrogens is 2. The van der Waals surface area contributed by atoms with Gasteiger partial charge in [0.25, 0.3) is 0 Å². The summed E-state index contributed by atoms with van der Waals surface area (Å²) < 4.78 is 2.06. The normalized spacial score (nSPS) is 25.5. The fraction of sp³-hybridized carbons (Fsp3) is 0.769. The predicted octanol–water partition coefficient (Wildman–Crippen LogP) is 2.16. The molecule has 2 aliphatic rings. The highest BCUT2D eigenvalue weighted by Crippen LogP contribution is 2.63. The van der Waals surface area contributed by atoms with Gasteiger partial charge in [0.05, 0.1) is 11.7 Å². The molecule has 0 bridgehead atoms. The first-order chi connectivity index (χ1) is 7.37. The molecule has 0 aliphatic heterocycles. The van der Waals surface area contributed by atoms with Crippen molar-refractivity contribution in [3.05, 3.63) is 18.0 Å². The molecule has 2 N–H and O–H groups in total. The van der Waals surface area contributed by atoms with Crippen molar-refractivity contribution in [3.8, 4) is 0 Å². The summed E-state index contributed by atoms with van der Waals surface area (Å²) in [5.74, 6) is 0. The number of hydrogen-bond donors (Lipinski definition) is 1. The average molecular weight is 219 g/mol. The van der Waals surface area contributed by atoms with Crippen LogP contribution in [0.1, 0.15) is 52.0 Å². The summed E-state index contributed by atoms with van der Waals surface area (Å²) in [6.07, 6.45) is 9.12. The van der Waals surface area contributed by atoms with Crippen LogP contribution in [0.15, 0.2) is 12.4 Å². The molecule has 2 saturated carbocycles. The highest BCUT2D eigenvalue weighted by molar-refractivity contribution is 5.38. The highest BCUT2D eigenvalue weighted by atomic mass is 15.3. The first kappa shape index (κ1) is 10.3. The van der Waals surface area contributed by atoms with Crippen molar-refractivity contribution in [3.63, 3.8) is 0 Å². The van der Waals surface area contributed by atoms with E-state index < -0.39 is 0 Å². The maximum absolute atomic E-state index is 6.40. The molecule has 0 unspecified atom stereocenters. The first-order valence-electron chi connectivity index (χ1n) is 6.22. The van der Waals surface area contributed by atoms with E-state index in [1.165, 1.54) is 31.2 Å². The molecule has 3 nitrogen and oxygen atoms in total. The Labute approximate surface area is 97.0 Å². The van der Waals surface area contributed by atoms with E-state index in [2.05, 4.69) is 36.7 Å². The minimum absolute atomic E-state index is 0.0691. The van der Waals surface area contributed by atoms with Crippen LogP contribution in [0, 0.1) is 0 Å². The van der Waals surface area contributed by atoms with Crippen LogP contribution in [0.3, 0.4) is 0 Å². The van der Waals surface area contributed by atoms with Crippen LogP contribution in [-0.4, -0.2) is 15.3 Å². The molecule has 0 atom stereocenters. The van der Waals surface area contributed by atoms with Crippen LogP contribution in [0.5, 0.6) is 0 Å². The Bertz CT molecular complexity index is 417. The summed E-state index contributed by atoms with van der Waals surface area (Å²) in [7, 11) is 0. The van der Waals surface area contributed by atoms with Gasteiger partial charge in [-0.05, 0) is 52.0 Å². The molecule has 88 valence electrons.